The summed E-state index contributed by atoms with van der Waals surface area (Å²) in [4.78, 5) is 10.0. The van der Waals surface area contributed by atoms with Gasteiger partial charge in [-0.2, -0.15) is 0 Å². The zero-order valence-electron chi connectivity index (χ0n) is 4.85. The van der Waals surface area contributed by atoms with E-state index in [2.05, 4.69) is 0 Å². The molecular formula is C5H10N2O. The van der Waals surface area contributed by atoms with E-state index in [1.807, 2.05) is 6.92 Å². The predicted octanol–water partition coefficient (Wildman–Crippen LogP) is -0.276. The maximum absolute atomic E-state index is 10.0. The van der Waals surface area contributed by atoms with E-state index in [-0.39, 0.29) is 0 Å². The van der Waals surface area contributed by atoms with Crippen molar-refractivity contribution in [1.82, 2.24) is 0 Å². The number of amides is 1. The van der Waals surface area contributed by atoms with Gasteiger partial charge in [0, 0.05) is 11.8 Å². The van der Waals surface area contributed by atoms with Gasteiger partial charge in [-0.25, -0.2) is 0 Å². The Morgan fingerprint density at radius 1 is 1.62 bits per heavy atom. The van der Waals surface area contributed by atoms with Crippen LogP contribution >= 0.6 is 0 Å². The van der Waals surface area contributed by atoms with Crippen molar-refractivity contribution < 1.29 is 4.79 Å². The second-order valence-electron chi connectivity index (χ2n) is 1.48. The number of carbonyl (C=O) groups is 1. The van der Waals surface area contributed by atoms with Gasteiger partial charge in [-0.3, -0.25) is 4.79 Å². The van der Waals surface area contributed by atoms with Crippen molar-refractivity contribution in [3.63, 3.8) is 0 Å². The van der Waals surface area contributed by atoms with Gasteiger partial charge in [-0.15, -0.1) is 0 Å². The minimum Gasteiger partial charge on any atom is -0.402 e. The number of hydrogen-bond acceptors (Lipinski definition) is 2. The molecule has 0 atom stereocenters. The third-order valence-electron chi connectivity index (χ3n) is 0.736. The minimum atomic E-state index is -0.482. The van der Waals surface area contributed by atoms with E-state index in [1.54, 1.807) is 0 Å². The fraction of sp³-hybridized carbons (Fsp3) is 0.400. The molecule has 0 aromatic rings. The van der Waals surface area contributed by atoms with E-state index in [0.717, 1.165) is 0 Å². The van der Waals surface area contributed by atoms with Gasteiger partial charge in [0.15, 0.2) is 0 Å². The summed E-state index contributed by atoms with van der Waals surface area (Å²) in [5.74, 6) is -0.482. The smallest absolute Gasteiger partial charge is 0.243 e. The van der Waals surface area contributed by atoms with Gasteiger partial charge in [0.25, 0.3) is 0 Å². The lowest BCUT2D eigenvalue weighted by Crippen LogP contribution is -2.09. The molecule has 0 aromatic heterocycles. The zero-order valence-corrected chi connectivity index (χ0v) is 4.85. The molecule has 1 amide bonds. The number of allylic oxidation sites excluding steroid dienone is 1. The molecule has 0 aliphatic rings. The molecule has 0 aromatic carbocycles. The highest BCUT2D eigenvalue weighted by Crippen LogP contribution is 1.86. The number of rotatable bonds is 2. The summed E-state index contributed by atoms with van der Waals surface area (Å²) in [6, 6.07) is 0. The van der Waals surface area contributed by atoms with Crippen molar-refractivity contribution in [3.8, 4) is 0 Å². The summed E-state index contributed by atoms with van der Waals surface area (Å²) in [5.41, 5.74) is 10.5. The average molecular weight is 114 g/mol. The van der Waals surface area contributed by atoms with Crippen LogP contribution in [0.3, 0.4) is 0 Å². The highest BCUT2D eigenvalue weighted by atomic mass is 16.1. The van der Waals surface area contributed by atoms with Crippen LogP contribution in [0.2, 0.25) is 0 Å². The highest BCUT2D eigenvalue weighted by Gasteiger charge is 1.86. The Morgan fingerprint density at radius 3 is 2.25 bits per heavy atom. The Hall–Kier alpha value is -0.990. The number of primary amides is 1. The molecule has 8 heavy (non-hydrogen) atoms. The van der Waals surface area contributed by atoms with Crippen molar-refractivity contribution in [2.24, 2.45) is 11.5 Å². The van der Waals surface area contributed by atoms with E-state index in [1.165, 1.54) is 6.08 Å². The summed E-state index contributed by atoms with van der Waals surface area (Å²) in [6.45, 7) is 1.86. The summed E-state index contributed by atoms with van der Waals surface area (Å²) < 4.78 is 0. The second-order valence-corrected chi connectivity index (χ2v) is 1.48. The lowest BCUT2D eigenvalue weighted by atomic mass is 10.3. The molecule has 4 N–H and O–H groups in total. The van der Waals surface area contributed by atoms with E-state index in [0.29, 0.717) is 12.1 Å². The van der Waals surface area contributed by atoms with Crippen LogP contribution in [0.1, 0.15) is 13.3 Å². The van der Waals surface area contributed by atoms with Gasteiger partial charge >= 0.3 is 0 Å². The molecular weight excluding hydrogens is 104 g/mol. The lowest BCUT2D eigenvalue weighted by Gasteiger charge is -1.89. The molecule has 0 radical (unpaired) electrons. The monoisotopic (exact) mass is 114 g/mol. The Labute approximate surface area is 48.4 Å². The maximum Gasteiger partial charge on any atom is 0.243 e. The van der Waals surface area contributed by atoms with Crippen molar-refractivity contribution >= 4 is 5.91 Å². The predicted molar refractivity (Wildman–Crippen MR) is 31.8 cm³/mol. The summed E-state index contributed by atoms with van der Waals surface area (Å²) in [6.07, 6.45) is 1.89. The molecule has 3 heteroatoms. The molecule has 0 saturated heterocycles. The van der Waals surface area contributed by atoms with Crippen LogP contribution in [0.5, 0.6) is 0 Å². The van der Waals surface area contributed by atoms with E-state index < -0.39 is 5.91 Å². The number of hydrogen-bond donors (Lipinski definition) is 2. The van der Waals surface area contributed by atoms with Crippen LogP contribution in [-0.2, 0) is 4.79 Å². The van der Waals surface area contributed by atoms with Crippen LogP contribution in [-0.4, -0.2) is 5.91 Å². The standard InChI is InChI=1S/C5H10N2O/c1-2-4(6)3-5(7)8/h3H,2,6H2,1H3,(H2,7,8)/b4-3+. The van der Waals surface area contributed by atoms with Gasteiger partial charge in [-0.05, 0) is 6.42 Å². The second kappa shape index (κ2) is 3.07. The topological polar surface area (TPSA) is 69.1 Å². The van der Waals surface area contributed by atoms with Crippen molar-refractivity contribution in [3.05, 3.63) is 11.8 Å². The van der Waals surface area contributed by atoms with Crippen LogP contribution in [0.25, 0.3) is 0 Å². The van der Waals surface area contributed by atoms with Crippen LogP contribution in [0.15, 0.2) is 11.8 Å². The zero-order chi connectivity index (χ0) is 6.57. The molecule has 0 fully saturated rings. The minimum absolute atomic E-state index is 0.482. The molecule has 0 bridgehead atoms. The number of nitrogens with two attached hydrogens (primary N) is 2. The Morgan fingerprint density at radius 2 is 2.12 bits per heavy atom. The molecule has 0 aliphatic carbocycles. The number of carbonyl (C=O) groups excluding carboxylic acids is 1. The van der Waals surface area contributed by atoms with Crippen molar-refractivity contribution in [1.29, 1.82) is 0 Å². The molecule has 3 nitrogen and oxygen atoms in total. The van der Waals surface area contributed by atoms with Gasteiger partial charge in [0.05, 0.1) is 0 Å². The average Bonchev–Trinajstić information content (AvgIpc) is 1.65. The van der Waals surface area contributed by atoms with Crippen LogP contribution < -0.4 is 11.5 Å². The lowest BCUT2D eigenvalue weighted by molar-refractivity contribution is -0.113. The van der Waals surface area contributed by atoms with Gasteiger partial charge in [0.2, 0.25) is 5.91 Å². The van der Waals surface area contributed by atoms with Gasteiger partial charge in [0.1, 0.15) is 0 Å². The SMILES string of the molecule is CC/C(N)=C\C(N)=O. The molecule has 0 rings (SSSR count). The summed E-state index contributed by atoms with van der Waals surface area (Å²) in [5, 5.41) is 0. The van der Waals surface area contributed by atoms with Gasteiger partial charge < -0.3 is 11.5 Å². The molecule has 0 spiro atoms. The largest absolute Gasteiger partial charge is 0.402 e. The third-order valence-corrected chi connectivity index (χ3v) is 0.736. The van der Waals surface area contributed by atoms with E-state index >= 15 is 0 Å². The molecule has 0 heterocycles. The normalized spacial score (nSPS) is 11.4. The third kappa shape index (κ3) is 3.21. The first-order chi connectivity index (χ1) is 3.66. The first-order valence-electron chi connectivity index (χ1n) is 2.42. The van der Waals surface area contributed by atoms with Crippen molar-refractivity contribution in [2.75, 3.05) is 0 Å². The Balaban J connectivity index is 3.75. The molecule has 0 aliphatic heterocycles. The van der Waals surface area contributed by atoms with Crippen molar-refractivity contribution in [2.45, 2.75) is 13.3 Å². The van der Waals surface area contributed by atoms with Gasteiger partial charge in [-0.1, -0.05) is 6.92 Å². The summed E-state index contributed by atoms with van der Waals surface area (Å²) in [7, 11) is 0. The fourth-order valence-corrected chi connectivity index (χ4v) is 0.285. The molecule has 0 saturated carbocycles. The maximum atomic E-state index is 10.0. The first-order valence-corrected chi connectivity index (χ1v) is 2.42. The molecule has 46 valence electrons. The molecule has 0 unspecified atom stereocenters. The van der Waals surface area contributed by atoms with E-state index in [4.69, 9.17) is 11.5 Å². The van der Waals surface area contributed by atoms with E-state index in [9.17, 15) is 4.79 Å². The quantitative estimate of drug-likeness (QED) is 0.485. The first kappa shape index (κ1) is 7.01. The fourth-order valence-electron chi connectivity index (χ4n) is 0.285. The summed E-state index contributed by atoms with van der Waals surface area (Å²) >= 11 is 0. The van der Waals surface area contributed by atoms with Crippen LogP contribution in [0, 0.1) is 0 Å². The van der Waals surface area contributed by atoms with Crippen LogP contribution in [0.4, 0.5) is 0 Å². The highest BCUT2D eigenvalue weighted by molar-refractivity contribution is 5.86. The Kier molecular flexibility index (Phi) is 2.69. The Bertz CT molecular complexity index is 118.